The lowest BCUT2D eigenvalue weighted by molar-refractivity contribution is 0.375. The summed E-state index contributed by atoms with van der Waals surface area (Å²) in [5.74, 6) is 1.11. The second-order valence-corrected chi connectivity index (χ2v) is 2.10. The van der Waals surface area contributed by atoms with Crippen molar-refractivity contribution < 1.29 is 4.74 Å². The van der Waals surface area contributed by atoms with Crippen molar-refractivity contribution in [3.63, 3.8) is 0 Å². The predicted octanol–water partition coefficient (Wildman–Crippen LogP) is 1.83. The van der Waals surface area contributed by atoms with Crippen molar-refractivity contribution in [3.05, 3.63) is 12.3 Å². The first-order chi connectivity index (χ1) is 4.18. The molecule has 0 heterocycles. The zero-order valence-corrected chi connectivity index (χ0v) is 6.22. The normalized spacial score (nSPS) is 10.7. The van der Waals surface area contributed by atoms with Crippen LogP contribution in [0.25, 0.3) is 0 Å². The highest BCUT2D eigenvalue weighted by atomic mass is 16.5. The Morgan fingerprint density at radius 2 is 2.22 bits per heavy atom. The minimum Gasteiger partial charge on any atom is -0.451 e. The van der Waals surface area contributed by atoms with E-state index in [0.717, 1.165) is 5.76 Å². The van der Waals surface area contributed by atoms with Crippen molar-refractivity contribution in [3.8, 4) is 0 Å². The maximum absolute atomic E-state index is 4.97. The van der Waals surface area contributed by atoms with Crippen LogP contribution in [-0.4, -0.2) is 13.4 Å². The number of allylic oxidation sites excluding steroid dienone is 1. The Kier molecular flexibility index (Phi) is 3.76. The second kappa shape index (κ2) is 4.13. The Balaban J connectivity index is 3.51. The molecule has 0 amide bonds. The lowest BCUT2D eigenvalue weighted by Gasteiger charge is -2.05. The van der Waals surface area contributed by atoms with Crippen LogP contribution in [-0.2, 0) is 4.74 Å². The molecule has 0 aromatic rings. The Labute approximate surface area is 56.2 Å². The number of hydrogen-bond acceptors (Lipinski definition) is 2. The maximum atomic E-state index is 4.97. The molecule has 2 nitrogen and oxygen atoms in total. The van der Waals surface area contributed by atoms with Crippen LogP contribution in [0, 0.1) is 5.92 Å². The molecule has 2 heteroatoms. The van der Waals surface area contributed by atoms with E-state index in [9.17, 15) is 0 Å². The van der Waals surface area contributed by atoms with Crippen LogP contribution in [0.1, 0.15) is 13.8 Å². The molecular formula is C7H13NO. The molecule has 0 aromatic carbocycles. The van der Waals surface area contributed by atoms with Gasteiger partial charge in [-0.2, -0.15) is 0 Å². The number of rotatable bonds is 3. The van der Waals surface area contributed by atoms with Crippen LogP contribution < -0.4 is 0 Å². The second-order valence-electron chi connectivity index (χ2n) is 2.10. The van der Waals surface area contributed by atoms with Gasteiger partial charge in [0.1, 0.15) is 5.76 Å². The zero-order valence-electron chi connectivity index (χ0n) is 6.22. The van der Waals surface area contributed by atoms with Gasteiger partial charge in [0.05, 0.1) is 0 Å². The Morgan fingerprint density at radius 1 is 1.67 bits per heavy atom. The first kappa shape index (κ1) is 8.21. The van der Waals surface area contributed by atoms with E-state index >= 15 is 0 Å². The fourth-order valence-electron chi connectivity index (χ4n) is 0.256. The van der Waals surface area contributed by atoms with E-state index in [4.69, 9.17) is 4.74 Å². The van der Waals surface area contributed by atoms with Crippen LogP contribution >= 0.6 is 0 Å². The van der Waals surface area contributed by atoms with Gasteiger partial charge in [-0.15, -0.1) is 0 Å². The van der Waals surface area contributed by atoms with Gasteiger partial charge < -0.3 is 4.74 Å². The number of aliphatic imine (C=N–C) groups is 1. The highest BCUT2D eigenvalue weighted by Gasteiger charge is 1.97. The summed E-state index contributed by atoms with van der Waals surface area (Å²) < 4.78 is 4.97. The molecule has 0 unspecified atom stereocenters. The van der Waals surface area contributed by atoms with Crippen molar-refractivity contribution in [2.24, 2.45) is 10.9 Å². The molecule has 0 radical (unpaired) electrons. The fraction of sp³-hybridized carbons (Fsp3) is 0.571. The molecule has 0 aliphatic heterocycles. The van der Waals surface area contributed by atoms with Crippen molar-refractivity contribution in [1.82, 2.24) is 0 Å². The van der Waals surface area contributed by atoms with Gasteiger partial charge in [0.15, 0.2) is 6.40 Å². The Morgan fingerprint density at radius 3 is 2.56 bits per heavy atom. The highest BCUT2D eigenvalue weighted by Crippen LogP contribution is 2.05. The molecule has 0 rings (SSSR count). The van der Waals surface area contributed by atoms with Gasteiger partial charge in [0, 0.05) is 13.0 Å². The predicted molar refractivity (Wildman–Crippen MR) is 39.5 cm³/mol. The molecule has 52 valence electrons. The van der Waals surface area contributed by atoms with E-state index in [2.05, 4.69) is 11.6 Å². The number of hydrogen-bond donors (Lipinski definition) is 0. The van der Waals surface area contributed by atoms with Crippen LogP contribution in [0.4, 0.5) is 0 Å². The monoisotopic (exact) mass is 127 g/mol. The summed E-state index contributed by atoms with van der Waals surface area (Å²) in [4.78, 5) is 3.65. The average Bonchev–Trinajstić information content (AvgIpc) is 1.82. The number of ether oxygens (including phenoxy) is 1. The standard InChI is InChI=1S/C7H13NO/c1-6(2)7(3)9-5-8-4/h5-6H,3H2,1-2,4H3. The number of nitrogens with zero attached hydrogens (tertiary/aromatic N) is 1. The van der Waals surface area contributed by atoms with Crippen molar-refractivity contribution >= 4 is 6.40 Å². The van der Waals surface area contributed by atoms with Gasteiger partial charge in [-0.1, -0.05) is 20.4 Å². The largest absolute Gasteiger partial charge is 0.451 e. The van der Waals surface area contributed by atoms with Crippen molar-refractivity contribution in [2.45, 2.75) is 13.8 Å². The molecule has 0 N–H and O–H groups in total. The fourth-order valence-corrected chi connectivity index (χ4v) is 0.256. The third-order valence-corrected chi connectivity index (χ3v) is 0.953. The van der Waals surface area contributed by atoms with E-state index < -0.39 is 0 Å². The summed E-state index contributed by atoms with van der Waals surface area (Å²) in [6, 6.07) is 0. The van der Waals surface area contributed by atoms with Gasteiger partial charge in [0.2, 0.25) is 0 Å². The zero-order chi connectivity index (χ0) is 7.28. The van der Waals surface area contributed by atoms with Gasteiger partial charge in [-0.3, -0.25) is 4.99 Å². The average molecular weight is 127 g/mol. The molecule has 0 aromatic heterocycles. The van der Waals surface area contributed by atoms with E-state index in [1.807, 2.05) is 13.8 Å². The summed E-state index contributed by atoms with van der Waals surface area (Å²) in [7, 11) is 1.66. The van der Waals surface area contributed by atoms with E-state index in [1.54, 1.807) is 7.05 Å². The van der Waals surface area contributed by atoms with Gasteiger partial charge in [-0.25, -0.2) is 0 Å². The molecule has 9 heavy (non-hydrogen) atoms. The lowest BCUT2D eigenvalue weighted by Crippen LogP contribution is -1.95. The molecule has 0 aliphatic rings. The van der Waals surface area contributed by atoms with E-state index in [-0.39, 0.29) is 0 Å². The van der Waals surface area contributed by atoms with Crippen LogP contribution in [0.5, 0.6) is 0 Å². The maximum Gasteiger partial charge on any atom is 0.175 e. The minimum atomic E-state index is 0.364. The molecule has 0 aliphatic carbocycles. The smallest absolute Gasteiger partial charge is 0.175 e. The third kappa shape index (κ3) is 3.76. The molecule has 0 saturated heterocycles. The van der Waals surface area contributed by atoms with Crippen molar-refractivity contribution in [2.75, 3.05) is 7.05 Å². The molecule has 0 fully saturated rings. The molecule has 0 atom stereocenters. The Hall–Kier alpha value is -0.790. The first-order valence-corrected chi connectivity index (χ1v) is 2.94. The van der Waals surface area contributed by atoms with Crippen LogP contribution in [0.15, 0.2) is 17.3 Å². The quantitative estimate of drug-likeness (QED) is 0.322. The van der Waals surface area contributed by atoms with Crippen molar-refractivity contribution in [1.29, 1.82) is 0 Å². The summed E-state index contributed by atoms with van der Waals surface area (Å²) >= 11 is 0. The van der Waals surface area contributed by atoms with E-state index in [0.29, 0.717) is 5.92 Å². The summed E-state index contributed by atoms with van der Waals surface area (Å²) in [6.45, 7) is 7.72. The SMILES string of the molecule is C=C(OC=NC)C(C)C. The van der Waals surface area contributed by atoms with Gasteiger partial charge in [-0.05, 0) is 0 Å². The van der Waals surface area contributed by atoms with Crippen LogP contribution in [0.3, 0.4) is 0 Å². The lowest BCUT2D eigenvalue weighted by atomic mass is 10.2. The topological polar surface area (TPSA) is 21.6 Å². The van der Waals surface area contributed by atoms with Gasteiger partial charge >= 0.3 is 0 Å². The molecular weight excluding hydrogens is 114 g/mol. The van der Waals surface area contributed by atoms with E-state index in [1.165, 1.54) is 6.40 Å². The molecule has 0 bridgehead atoms. The van der Waals surface area contributed by atoms with Crippen LogP contribution in [0.2, 0.25) is 0 Å². The summed E-state index contributed by atoms with van der Waals surface area (Å²) in [5, 5.41) is 0. The highest BCUT2D eigenvalue weighted by molar-refractivity contribution is 5.47. The summed E-state index contributed by atoms with van der Waals surface area (Å²) in [5.41, 5.74) is 0. The minimum absolute atomic E-state index is 0.364. The summed E-state index contributed by atoms with van der Waals surface area (Å²) in [6.07, 6.45) is 1.39. The molecule has 0 saturated carbocycles. The molecule has 0 spiro atoms. The Bertz CT molecular complexity index is 116. The van der Waals surface area contributed by atoms with Gasteiger partial charge in [0.25, 0.3) is 0 Å². The third-order valence-electron chi connectivity index (χ3n) is 0.953. The first-order valence-electron chi connectivity index (χ1n) is 2.94.